The summed E-state index contributed by atoms with van der Waals surface area (Å²) in [6.07, 6.45) is 1.80. The summed E-state index contributed by atoms with van der Waals surface area (Å²) in [4.78, 5) is 30.4. The fraction of sp³-hybridized carbons (Fsp3) is 0.148. The number of methoxy groups -OCH3 is 1. The summed E-state index contributed by atoms with van der Waals surface area (Å²) in [5.74, 6) is 0.0562. The summed E-state index contributed by atoms with van der Waals surface area (Å²) in [6.45, 7) is 2.46. The molecule has 1 saturated heterocycles. The number of nitrogens with zero attached hydrogens (tertiary/aromatic N) is 2. The highest BCUT2D eigenvalue weighted by Crippen LogP contribution is 2.38. The first-order chi connectivity index (χ1) is 17.2. The van der Waals surface area contributed by atoms with Gasteiger partial charge in [-0.2, -0.15) is 0 Å². The number of likely N-dealkylation sites (N-methyl/N-ethyl adjacent to an activating group) is 1. The quantitative estimate of drug-likeness (QED) is 0.255. The number of thioether (sulfide) groups is 1. The first kappa shape index (κ1) is 25.8. The lowest BCUT2D eigenvalue weighted by molar-refractivity contribution is -0.121. The van der Waals surface area contributed by atoms with Gasteiger partial charge < -0.3 is 14.6 Å². The van der Waals surface area contributed by atoms with Crippen LogP contribution < -0.4 is 9.47 Å². The standard InChI is InChI=1S/C27H23IN2O5S/c1-16-4-6-17(7-5-16)15-35-24-21(28)12-18(13-22(24)34-3)14-23-25(31)30(2)27(36-23)29-20-10-8-19(9-11-20)26(32)33/h4-14H,15H2,1-3H3,(H,32,33)/b23-14-,29-27?. The molecule has 0 unspecified atom stereocenters. The van der Waals surface area contributed by atoms with Crippen LogP contribution in [0.2, 0.25) is 0 Å². The van der Waals surface area contributed by atoms with Gasteiger partial charge in [0.15, 0.2) is 16.7 Å². The lowest BCUT2D eigenvalue weighted by Crippen LogP contribution is -2.23. The van der Waals surface area contributed by atoms with Crippen LogP contribution in [0.5, 0.6) is 11.5 Å². The smallest absolute Gasteiger partial charge is 0.335 e. The van der Waals surface area contributed by atoms with Crippen LogP contribution in [0.15, 0.2) is 70.6 Å². The van der Waals surface area contributed by atoms with Crippen molar-refractivity contribution in [2.75, 3.05) is 14.2 Å². The second-order valence-electron chi connectivity index (χ2n) is 8.03. The minimum absolute atomic E-state index is 0.172. The van der Waals surface area contributed by atoms with Crippen molar-refractivity contribution in [1.29, 1.82) is 0 Å². The Kier molecular flexibility index (Phi) is 8.00. The van der Waals surface area contributed by atoms with E-state index in [0.29, 0.717) is 33.9 Å². The van der Waals surface area contributed by atoms with Crippen molar-refractivity contribution in [3.8, 4) is 11.5 Å². The predicted octanol–water partition coefficient (Wildman–Crippen LogP) is 6.12. The van der Waals surface area contributed by atoms with Gasteiger partial charge in [-0.25, -0.2) is 9.79 Å². The Morgan fingerprint density at radius 1 is 1.14 bits per heavy atom. The Labute approximate surface area is 227 Å². The van der Waals surface area contributed by atoms with Crippen LogP contribution in [0.3, 0.4) is 0 Å². The van der Waals surface area contributed by atoms with E-state index in [-0.39, 0.29) is 11.5 Å². The molecule has 4 rings (SSSR count). The molecule has 1 aliphatic heterocycles. The number of benzene rings is 3. The largest absolute Gasteiger partial charge is 0.493 e. The molecule has 0 atom stereocenters. The Bertz CT molecular complexity index is 1370. The first-order valence-corrected chi connectivity index (χ1v) is 12.8. The molecule has 9 heteroatoms. The maximum absolute atomic E-state index is 12.9. The molecule has 1 heterocycles. The number of amidine groups is 1. The molecule has 1 amide bonds. The number of ether oxygens (including phenoxy) is 2. The SMILES string of the molecule is COc1cc(/C=C2\SC(=Nc3ccc(C(=O)O)cc3)N(C)C2=O)cc(I)c1OCc1ccc(C)cc1. The third-order valence-electron chi connectivity index (χ3n) is 5.40. The Morgan fingerprint density at radius 3 is 2.47 bits per heavy atom. The zero-order chi connectivity index (χ0) is 25.8. The first-order valence-electron chi connectivity index (χ1n) is 10.9. The van der Waals surface area contributed by atoms with Gasteiger partial charge in [0.05, 0.1) is 26.8 Å². The topological polar surface area (TPSA) is 88.4 Å². The summed E-state index contributed by atoms with van der Waals surface area (Å²) in [6, 6.07) is 18.1. The van der Waals surface area contributed by atoms with Gasteiger partial charge in [-0.05, 0) is 94.9 Å². The molecule has 0 spiro atoms. The van der Waals surface area contributed by atoms with E-state index in [4.69, 9.17) is 14.6 Å². The number of rotatable bonds is 7. The van der Waals surface area contributed by atoms with Gasteiger partial charge in [-0.1, -0.05) is 29.8 Å². The van der Waals surface area contributed by atoms with E-state index < -0.39 is 5.97 Å². The predicted molar refractivity (Wildman–Crippen MR) is 150 cm³/mol. The fourth-order valence-electron chi connectivity index (χ4n) is 3.39. The minimum atomic E-state index is -1.00. The highest BCUT2D eigenvalue weighted by molar-refractivity contribution is 14.1. The van der Waals surface area contributed by atoms with E-state index in [9.17, 15) is 9.59 Å². The number of aryl methyl sites for hydroxylation is 1. The Hall–Kier alpha value is -3.31. The third-order valence-corrected chi connectivity index (χ3v) is 7.26. The maximum Gasteiger partial charge on any atom is 0.335 e. The number of hydrogen-bond acceptors (Lipinski definition) is 6. The van der Waals surface area contributed by atoms with E-state index in [2.05, 4.69) is 27.6 Å². The molecule has 184 valence electrons. The molecule has 0 radical (unpaired) electrons. The summed E-state index contributed by atoms with van der Waals surface area (Å²) in [7, 11) is 3.25. The number of amides is 1. The minimum Gasteiger partial charge on any atom is -0.493 e. The van der Waals surface area contributed by atoms with Crippen molar-refractivity contribution in [2.24, 2.45) is 4.99 Å². The molecule has 1 fully saturated rings. The number of halogens is 1. The van der Waals surface area contributed by atoms with Crippen molar-refractivity contribution in [1.82, 2.24) is 4.90 Å². The average Bonchev–Trinajstić information content (AvgIpc) is 3.12. The molecule has 0 saturated carbocycles. The Balaban J connectivity index is 1.55. The lowest BCUT2D eigenvalue weighted by atomic mass is 10.1. The highest BCUT2D eigenvalue weighted by atomic mass is 127. The monoisotopic (exact) mass is 614 g/mol. The molecule has 36 heavy (non-hydrogen) atoms. The molecule has 0 aromatic heterocycles. The number of carboxylic acids is 1. The van der Waals surface area contributed by atoms with Crippen LogP contribution in [0.4, 0.5) is 5.69 Å². The van der Waals surface area contributed by atoms with Crippen LogP contribution in [0.25, 0.3) is 6.08 Å². The molecular weight excluding hydrogens is 591 g/mol. The molecule has 3 aromatic carbocycles. The summed E-state index contributed by atoms with van der Waals surface area (Å²) in [5.41, 5.74) is 3.80. The van der Waals surface area contributed by atoms with Crippen LogP contribution in [-0.2, 0) is 11.4 Å². The van der Waals surface area contributed by atoms with E-state index in [1.807, 2.05) is 43.3 Å². The molecular formula is C27H23IN2O5S. The summed E-state index contributed by atoms with van der Waals surface area (Å²) < 4.78 is 12.5. The second-order valence-corrected chi connectivity index (χ2v) is 10.2. The normalized spacial score (nSPS) is 15.6. The van der Waals surface area contributed by atoms with Gasteiger partial charge in [-0.15, -0.1) is 0 Å². The van der Waals surface area contributed by atoms with Gasteiger partial charge in [-0.3, -0.25) is 9.69 Å². The van der Waals surface area contributed by atoms with Gasteiger partial charge in [0.25, 0.3) is 5.91 Å². The maximum atomic E-state index is 12.9. The van der Waals surface area contributed by atoms with E-state index in [1.165, 1.54) is 34.4 Å². The van der Waals surface area contributed by atoms with Gasteiger partial charge in [0.2, 0.25) is 0 Å². The number of carbonyl (C=O) groups is 2. The number of aliphatic imine (C=N–C) groups is 1. The van der Waals surface area contributed by atoms with Gasteiger partial charge in [0.1, 0.15) is 6.61 Å². The zero-order valence-corrected chi connectivity index (χ0v) is 22.8. The number of aromatic carboxylic acids is 1. The lowest BCUT2D eigenvalue weighted by Gasteiger charge is -2.14. The number of carbonyl (C=O) groups excluding carboxylic acids is 1. The van der Waals surface area contributed by atoms with E-state index >= 15 is 0 Å². The van der Waals surface area contributed by atoms with E-state index in [0.717, 1.165) is 14.7 Å². The van der Waals surface area contributed by atoms with Crippen molar-refractivity contribution >= 4 is 63.2 Å². The van der Waals surface area contributed by atoms with Crippen molar-refractivity contribution in [3.05, 3.63) is 91.4 Å². The summed E-state index contributed by atoms with van der Waals surface area (Å²) in [5, 5.41) is 9.57. The highest BCUT2D eigenvalue weighted by Gasteiger charge is 2.30. The van der Waals surface area contributed by atoms with Crippen molar-refractivity contribution < 1.29 is 24.2 Å². The Morgan fingerprint density at radius 2 is 1.83 bits per heavy atom. The zero-order valence-electron chi connectivity index (χ0n) is 19.8. The van der Waals surface area contributed by atoms with Crippen molar-refractivity contribution in [2.45, 2.75) is 13.5 Å². The van der Waals surface area contributed by atoms with Gasteiger partial charge >= 0.3 is 5.97 Å². The third kappa shape index (κ3) is 5.90. The van der Waals surface area contributed by atoms with Crippen molar-refractivity contribution in [3.63, 3.8) is 0 Å². The molecule has 1 N–H and O–H groups in total. The second kappa shape index (κ2) is 11.2. The number of hydrogen-bond donors (Lipinski definition) is 1. The van der Waals surface area contributed by atoms with Crippen LogP contribution in [-0.4, -0.2) is 41.2 Å². The molecule has 1 aliphatic rings. The van der Waals surface area contributed by atoms with Gasteiger partial charge in [0, 0.05) is 7.05 Å². The fourth-order valence-corrected chi connectivity index (χ4v) is 5.16. The van der Waals surface area contributed by atoms with Crippen LogP contribution >= 0.6 is 34.4 Å². The van der Waals surface area contributed by atoms with E-state index in [1.54, 1.807) is 32.4 Å². The van der Waals surface area contributed by atoms with Crippen LogP contribution in [0, 0.1) is 10.5 Å². The number of carboxylic acid groups (broad SMARTS) is 1. The molecule has 3 aromatic rings. The van der Waals surface area contributed by atoms with Crippen LogP contribution in [0.1, 0.15) is 27.0 Å². The summed E-state index contributed by atoms with van der Waals surface area (Å²) >= 11 is 3.46. The molecule has 0 aliphatic carbocycles. The average molecular weight is 614 g/mol. The molecule has 7 nitrogen and oxygen atoms in total. The molecule has 0 bridgehead atoms.